The van der Waals surface area contributed by atoms with Crippen molar-refractivity contribution in [3.05, 3.63) is 70.8 Å². The summed E-state index contributed by atoms with van der Waals surface area (Å²) in [4.78, 5) is 12.2. The number of rotatable bonds is 5. The van der Waals surface area contributed by atoms with Crippen LogP contribution in [0.1, 0.15) is 27.0 Å². The first-order valence-electron chi connectivity index (χ1n) is 7.11. The smallest absolute Gasteiger partial charge is 0.229 e. The van der Waals surface area contributed by atoms with Gasteiger partial charge in [0.2, 0.25) is 10.0 Å². The normalized spacial score (nSPS) is 11.6. The number of hydrogen-bond acceptors (Lipinski definition) is 3. The lowest BCUT2D eigenvalue weighted by Gasteiger charge is -2.04. The second-order valence-corrected chi connectivity index (χ2v) is 7.32. The summed E-state index contributed by atoms with van der Waals surface area (Å²) in [5.41, 5.74) is 4.21. The molecule has 0 aliphatic carbocycles. The summed E-state index contributed by atoms with van der Waals surface area (Å²) in [5, 5.41) is 0. The molecule has 2 aromatic carbocycles. The second kappa shape index (κ2) is 6.79. The summed E-state index contributed by atoms with van der Waals surface area (Å²) in [5.74, 6) is -0.130. The Bertz CT molecular complexity index is 830. The summed E-state index contributed by atoms with van der Waals surface area (Å²) >= 11 is 0. The van der Waals surface area contributed by atoms with Crippen LogP contribution in [0.2, 0.25) is 0 Å². The standard InChI is InChI=1S/C18H19NO3S/c1-13-10-14(2)12-15(11-13)4-9-18(20)16-5-7-17(8-6-16)19-23(3,21)22/h4-12,19H,1-3H3. The lowest BCUT2D eigenvalue weighted by atomic mass is 10.1. The third-order valence-electron chi connectivity index (χ3n) is 3.14. The van der Waals surface area contributed by atoms with Crippen molar-refractivity contribution >= 4 is 27.6 Å². The fourth-order valence-corrected chi connectivity index (χ4v) is 2.86. The van der Waals surface area contributed by atoms with Gasteiger partial charge in [-0.3, -0.25) is 9.52 Å². The number of allylic oxidation sites excluding steroid dienone is 1. The molecule has 0 atom stereocenters. The Morgan fingerprint density at radius 1 is 1.00 bits per heavy atom. The largest absolute Gasteiger partial charge is 0.289 e. The molecule has 1 N–H and O–H groups in total. The molecule has 5 heteroatoms. The van der Waals surface area contributed by atoms with E-state index in [1.54, 1.807) is 30.3 Å². The average molecular weight is 329 g/mol. The van der Waals surface area contributed by atoms with E-state index < -0.39 is 10.0 Å². The molecule has 0 fully saturated rings. The molecule has 0 heterocycles. The molecule has 0 aliphatic heterocycles. The fraction of sp³-hybridized carbons (Fsp3) is 0.167. The van der Waals surface area contributed by atoms with Gasteiger partial charge in [-0.2, -0.15) is 0 Å². The van der Waals surface area contributed by atoms with Crippen molar-refractivity contribution in [1.82, 2.24) is 0 Å². The average Bonchev–Trinajstić information content (AvgIpc) is 2.43. The zero-order chi connectivity index (χ0) is 17.0. The predicted molar refractivity (Wildman–Crippen MR) is 94.2 cm³/mol. The molecule has 2 rings (SSSR count). The summed E-state index contributed by atoms with van der Waals surface area (Å²) in [7, 11) is -3.31. The molecule has 0 saturated heterocycles. The van der Waals surface area contributed by atoms with Crippen molar-refractivity contribution in [2.75, 3.05) is 11.0 Å². The van der Waals surface area contributed by atoms with Crippen LogP contribution in [0.15, 0.2) is 48.5 Å². The topological polar surface area (TPSA) is 63.2 Å². The van der Waals surface area contributed by atoms with E-state index in [0.29, 0.717) is 11.3 Å². The minimum absolute atomic E-state index is 0.130. The number of benzene rings is 2. The van der Waals surface area contributed by atoms with Crippen LogP contribution in [-0.2, 0) is 10.0 Å². The van der Waals surface area contributed by atoms with E-state index in [-0.39, 0.29) is 5.78 Å². The molecule has 0 unspecified atom stereocenters. The van der Waals surface area contributed by atoms with Crippen LogP contribution in [0, 0.1) is 13.8 Å². The van der Waals surface area contributed by atoms with Gasteiger partial charge in [0.1, 0.15) is 0 Å². The van der Waals surface area contributed by atoms with E-state index in [0.717, 1.165) is 22.9 Å². The van der Waals surface area contributed by atoms with Crippen LogP contribution in [0.25, 0.3) is 6.08 Å². The van der Waals surface area contributed by atoms with Gasteiger partial charge in [0.25, 0.3) is 0 Å². The minimum atomic E-state index is -3.31. The molecule has 2 aromatic rings. The molecule has 0 bridgehead atoms. The summed E-state index contributed by atoms with van der Waals surface area (Å²) in [6.45, 7) is 4.03. The predicted octanol–water partition coefficient (Wildman–Crippen LogP) is 3.57. The summed E-state index contributed by atoms with van der Waals surface area (Å²) in [6.07, 6.45) is 4.39. The van der Waals surface area contributed by atoms with Crippen molar-refractivity contribution in [3.8, 4) is 0 Å². The van der Waals surface area contributed by atoms with Gasteiger partial charge >= 0.3 is 0 Å². The first-order chi connectivity index (χ1) is 10.7. The molecule has 0 amide bonds. The van der Waals surface area contributed by atoms with Crippen LogP contribution < -0.4 is 4.72 Å². The van der Waals surface area contributed by atoms with E-state index >= 15 is 0 Å². The van der Waals surface area contributed by atoms with Gasteiger partial charge < -0.3 is 0 Å². The van der Waals surface area contributed by atoms with Crippen LogP contribution in [0.5, 0.6) is 0 Å². The number of nitrogens with one attached hydrogen (secondary N) is 1. The molecule has 120 valence electrons. The Kier molecular flexibility index (Phi) is 5.01. The lowest BCUT2D eigenvalue weighted by Crippen LogP contribution is -2.09. The molecular formula is C18H19NO3S. The third kappa shape index (κ3) is 5.38. The molecule has 23 heavy (non-hydrogen) atoms. The van der Waals surface area contributed by atoms with Gasteiger partial charge in [-0.1, -0.05) is 35.4 Å². The highest BCUT2D eigenvalue weighted by atomic mass is 32.2. The molecule has 0 aliphatic rings. The summed E-state index contributed by atoms with van der Waals surface area (Å²) in [6, 6.07) is 12.4. The lowest BCUT2D eigenvalue weighted by molar-refractivity contribution is 0.104. The van der Waals surface area contributed by atoms with Gasteiger partial charge in [-0.15, -0.1) is 0 Å². The van der Waals surface area contributed by atoms with Crippen LogP contribution in [0.4, 0.5) is 5.69 Å². The van der Waals surface area contributed by atoms with Gasteiger partial charge in [0.05, 0.1) is 6.26 Å². The van der Waals surface area contributed by atoms with Gasteiger partial charge in [0.15, 0.2) is 5.78 Å². The minimum Gasteiger partial charge on any atom is -0.289 e. The number of carbonyl (C=O) groups excluding carboxylic acids is 1. The zero-order valence-electron chi connectivity index (χ0n) is 13.3. The number of sulfonamides is 1. The van der Waals surface area contributed by atoms with Crippen molar-refractivity contribution < 1.29 is 13.2 Å². The van der Waals surface area contributed by atoms with E-state index in [9.17, 15) is 13.2 Å². The number of ketones is 1. The Balaban J connectivity index is 2.12. The van der Waals surface area contributed by atoms with E-state index in [1.165, 1.54) is 6.08 Å². The highest BCUT2D eigenvalue weighted by molar-refractivity contribution is 7.92. The molecular weight excluding hydrogens is 310 g/mol. The highest BCUT2D eigenvalue weighted by Crippen LogP contribution is 2.14. The summed E-state index contributed by atoms with van der Waals surface area (Å²) < 4.78 is 24.6. The number of carbonyl (C=O) groups is 1. The Morgan fingerprint density at radius 3 is 2.09 bits per heavy atom. The van der Waals surface area contributed by atoms with Crippen LogP contribution in [-0.4, -0.2) is 20.5 Å². The van der Waals surface area contributed by atoms with Gasteiger partial charge in [0, 0.05) is 11.3 Å². The quantitative estimate of drug-likeness (QED) is 0.674. The Hall–Kier alpha value is -2.40. The van der Waals surface area contributed by atoms with E-state index in [2.05, 4.69) is 10.8 Å². The Labute approximate surface area is 136 Å². The van der Waals surface area contributed by atoms with E-state index in [4.69, 9.17) is 0 Å². The molecule has 0 aromatic heterocycles. The first-order valence-corrected chi connectivity index (χ1v) is 9.01. The molecule has 4 nitrogen and oxygen atoms in total. The van der Waals surface area contributed by atoms with Crippen LogP contribution in [0.3, 0.4) is 0 Å². The van der Waals surface area contributed by atoms with Crippen molar-refractivity contribution in [2.45, 2.75) is 13.8 Å². The molecule has 0 saturated carbocycles. The monoisotopic (exact) mass is 329 g/mol. The SMILES string of the molecule is Cc1cc(C)cc(C=CC(=O)c2ccc(NS(C)(=O)=O)cc2)c1. The number of anilines is 1. The molecule has 0 spiro atoms. The third-order valence-corrected chi connectivity index (χ3v) is 3.75. The first kappa shape index (κ1) is 17.0. The number of aryl methyl sites for hydroxylation is 2. The number of hydrogen-bond donors (Lipinski definition) is 1. The second-order valence-electron chi connectivity index (χ2n) is 5.57. The van der Waals surface area contributed by atoms with Gasteiger partial charge in [-0.25, -0.2) is 8.42 Å². The van der Waals surface area contributed by atoms with Crippen molar-refractivity contribution in [2.24, 2.45) is 0 Å². The fourth-order valence-electron chi connectivity index (χ4n) is 2.29. The maximum Gasteiger partial charge on any atom is 0.229 e. The van der Waals surface area contributed by atoms with Gasteiger partial charge in [-0.05, 0) is 49.8 Å². The van der Waals surface area contributed by atoms with E-state index in [1.807, 2.05) is 26.0 Å². The Morgan fingerprint density at radius 2 is 1.57 bits per heavy atom. The van der Waals surface area contributed by atoms with Crippen molar-refractivity contribution in [1.29, 1.82) is 0 Å². The van der Waals surface area contributed by atoms with Crippen LogP contribution >= 0.6 is 0 Å². The highest BCUT2D eigenvalue weighted by Gasteiger charge is 2.04. The zero-order valence-corrected chi connectivity index (χ0v) is 14.1. The molecule has 0 radical (unpaired) electrons. The maximum absolute atomic E-state index is 12.2. The maximum atomic E-state index is 12.2. The van der Waals surface area contributed by atoms with Crippen molar-refractivity contribution in [3.63, 3.8) is 0 Å².